The number of imide groups is 2. The third-order valence-electron chi connectivity index (χ3n) is 7.72. The number of hydrogen-bond donors (Lipinski definition) is 3. The van der Waals surface area contributed by atoms with Crippen molar-refractivity contribution < 1.29 is 19.2 Å². The van der Waals surface area contributed by atoms with Crippen LogP contribution in [0.4, 0.5) is 0 Å². The molecule has 1 aromatic heterocycles. The predicted octanol–water partition coefficient (Wildman–Crippen LogP) is 0.836. The lowest BCUT2D eigenvalue weighted by atomic mass is 9.89. The molecule has 0 bridgehead atoms. The Hall–Kier alpha value is -3.37. The maximum absolute atomic E-state index is 13.1. The molecule has 2 saturated heterocycles. The normalized spacial score (nSPS) is 23.4. The summed E-state index contributed by atoms with van der Waals surface area (Å²) in [6.07, 6.45) is 3.34. The van der Waals surface area contributed by atoms with Crippen molar-refractivity contribution in [3.8, 4) is 0 Å². The van der Waals surface area contributed by atoms with Crippen LogP contribution in [0.1, 0.15) is 74.8 Å². The Kier molecular flexibility index (Phi) is 5.49. The first-order valence-electron chi connectivity index (χ1n) is 12.3. The van der Waals surface area contributed by atoms with Crippen molar-refractivity contribution in [3.05, 3.63) is 51.8 Å². The van der Waals surface area contributed by atoms with Gasteiger partial charge in [-0.3, -0.25) is 39.4 Å². The average Bonchev–Trinajstić information content (AvgIpc) is 3.39. The van der Waals surface area contributed by atoms with Crippen LogP contribution in [0.15, 0.2) is 18.2 Å². The molecule has 182 valence electrons. The second kappa shape index (κ2) is 8.69. The van der Waals surface area contributed by atoms with Gasteiger partial charge in [0.15, 0.2) is 0 Å². The average molecular weight is 477 g/mol. The first-order valence-corrected chi connectivity index (χ1v) is 12.3. The van der Waals surface area contributed by atoms with E-state index in [9.17, 15) is 19.2 Å². The number of carbonyl (C=O) groups is 4. The standard InChI is InChI=1S/C25H28N6O4/c32-21-4-3-20(23(33)27-21)31-24(34)16-2-1-14(11-17(16)25(31)35)13-30-9-6-15(7-10-30)22-18-12-26-8-5-19(18)28-29-22/h1-2,11,15,20,26H,3-10,12-13H2,(H,28,29)(H,27,32,33). The number of carbonyl (C=O) groups excluding carboxylic acids is 4. The highest BCUT2D eigenvalue weighted by Crippen LogP contribution is 2.33. The Morgan fingerprint density at radius 2 is 1.77 bits per heavy atom. The van der Waals surface area contributed by atoms with Gasteiger partial charge in [-0.1, -0.05) is 6.07 Å². The molecule has 2 fully saturated rings. The summed E-state index contributed by atoms with van der Waals surface area (Å²) >= 11 is 0. The topological polar surface area (TPSA) is 128 Å². The number of piperidine rings is 2. The van der Waals surface area contributed by atoms with Crippen LogP contribution in [0, 0.1) is 0 Å². The maximum atomic E-state index is 13.1. The number of likely N-dealkylation sites (tertiary alicyclic amines) is 1. The van der Waals surface area contributed by atoms with Crippen LogP contribution >= 0.6 is 0 Å². The van der Waals surface area contributed by atoms with Gasteiger partial charge in [0.2, 0.25) is 11.8 Å². The van der Waals surface area contributed by atoms with Crippen molar-refractivity contribution in [2.45, 2.75) is 57.2 Å². The van der Waals surface area contributed by atoms with Crippen LogP contribution in [0.2, 0.25) is 0 Å². The molecule has 0 radical (unpaired) electrons. The molecule has 35 heavy (non-hydrogen) atoms. The summed E-state index contributed by atoms with van der Waals surface area (Å²) in [5.74, 6) is -1.45. The number of fused-ring (bicyclic) bond motifs is 2. The second-order valence-corrected chi connectivity index (χ2v) is 9.87. The number of rotatable bonds is 4. The zero-order valence-electron chi connectivity index (χ0n) is 19.4. The highest BCUT2D eigenvalue weighted by molar-refractivity contribution is 6.23. The molecule has 5 heterocycles. The molecule has 2 aromatic rings. The van der Waals surface area contributed by atoms with Gasteiger partial charge in [0.1, 0.15) is 6.04 Å². The molecule has 4 aliphatic rings. The zero-order chi connectivity index (χ0) is 24.1. The van der Waals surface area contributed by atoms with Crippen LogP contribution in [-0.2, 0) is 29.1 Å². The van der Waals surface area contributed by atoms with Gasteiger partial charge in [-0.15, -0.1) is 0 Å². The number of aromatic nitrogens is 2. The fourth-order valence-corrected chi connectivity index (χ4v) is 5.82. The van der Waals surface area contributed by atoms with E-state index in [2.05, 4.69) is 25.7 Å². The van der Waals surface area contributed by atoms with Crippen molar-refractivity contribution >= 4 is 23.6 Å². The van der Waals surface area contributed by atoms with E-state index in [4.69, 9.17) is 0 Å². The van der Waals surface area contributed by atoms with Crippen LogP contribution < -0.4 is 10.6 Å². The lowest BCUT2D eigenvalue weighted by Crippen LogP contribution is -2.54. The van der Waals surface area contributed by atoms with Crippen molar-refractivity contribution in [1.29, 1.82) is 0 Å². The van der Waals surface area contributed by atoms with Crippen molar-refractivity contribution in [3.63, 3.8) is 0 Å². The number of hydrogen-bond acceptors (Lipinski definition) is 7. The number of nitrogens with zero attached hydrogens (tertiary/aromatic N) is 3. The Bertz CT molecular complexity index is 1230. The van der Waals surface area contributed by atoms with Crippen molar-refractivity contribution in [2.24, 2.45) is 0 Å². The van der Waals surface area contributed by atoms with Crippen molar-refractivity contribution in [1.82, 2.24) is 30.6 Å². The van der Waals surface area contributed by atoms with Crippen LogP contribution in [0.3, 0.4) is 0 Å². The lowest BCUT2D eigenvalue weighted by Gasteiger charge is -2.32. The smallest absolute Gasteiger partial charge is 0.262 e. The zero-order valence-corrected chi connectivity index (χ0v) is 19.4. The summed E-state index contributed by atoms with van der Waals surface area (Å²) in [5, 5.41) is 13.5. The third kappa shape index (κ3) is 3.86. The van der Waals surface area contributed by atoms with E-state index in [0.29, 0.717) is 23.6 Å². The molecule has 10 heteroatoms. The van der Waals surface area contributed by atoms with Gasteiger partial charge in [0.25, 0.3) is 11.8 Å². The summed E-state index contributed by atoms with van der Waals surface area (Å²) in [6, 6.07) is 4.42. The molecule has 0 spiro atoms. The summed E-state index contributed by atoms with van der Waals surface area (Å²) < 4.78 is 0. The molecule has 6 rings (SSSR count). The minimum atomic E-state index is -0.939. The fraction of sp³-hybridized carbons (Fsp3) is 0.480. The van der Waals surface area contributed by atoms with Crippen molar-refractivity contribution in [2.75, 3.05) is 19.6 Å². The number of aromatic amines is 1. The van der Waals surface area contributed by atoms with Crippen LogP contribution in [-0.4, -0.2) is 69.3 Å². The molecular weight excluding hydrogens is 448 g/mol. The van der Waals surface area contributed by atoms with E-state index in [1.165, 1.54) is 17.0 Å². The van der Waals surface area contributed by atoms with Gasteiger partial charge in [-0.2, -0.15) is 5.10 Å². The van der Waals surface area contributed by atoms with Gasteiger partial charge in [-0.25, -0.2) is 0 Å². The van der Waals surface area contributed by atoms with E-state index < -0.39 is 23.8 Å². The SMILES string of the molecule is O=C1CCC(N2C(=O)c3ccc(CN4CCC(c5n[nH]c6c5CNCC6)CC4)cc3C2=O)C(=O)N1. The molecule has 1 unspecified atom stereocenters. The highest BCUT2D eigenvalue weighted by Gasteiger charge is 2.44. The Balaban J connectivity index is 1.12. The van der Waals surface area contributed by atoms with E-state index in [0.717, 1.165) is 55.9 Å². The number of nitrogens with one attached hydrogen (secondary N) is 3. The quantitative estimate of drug-likeness (QED) is 0.558. The Morgan fingerprint density at radius 3 is 2.57 bits per heavy atom. The molecule has 3 N–H and O–H groups in total. The second-order valence-electron chi connectivity index (χ2n) is 9.87. The van der Waals surface area contributed by atoms with Gasteiger partial charge < -0.3 is 5.32 Å². The van der Waals surface area contributed by atoms with Gasteiger partial charge in [0, 0.05) is 49.7 Å². The molecule has 4 aliphatic heterocycles. The Labute approximate surface area is 202 Å². The Morgan fingerprint density at radius 1 is 0.971 bits per heavy atom. The lowest BCUT2D eigenvalue weighted by molar-refractivity contribution is -0.136. The fourth-order valence-electron chi connectivity index (χ4n) is 5.82. The first-order chi connectivity index (χ1) is 17.0. The van der Waals surface area contributed by atoms with E-state index in [1.54, 1.807) is 12.1 Å². The van der Waals surface area contributed by atoms with E-state index in [1.807, 2.05) is 6.07 Å². The number of H-pyrrole nitrogens is 1. The van der Waals surface area contributed by atoms with Crippen LogP contribution in [0.25, 0.3) is 0 Å². The molecule has 1 aromatic carbocycles. The largest absolute Gasteiger partial charge is 0.312 e. The monoisotopic (exact) mass is 476 g/mol. The van der Waals surface area contributed by atoms with Gasteiger partial charge >= 0.3 is 0 Å². The van der Waals surface area contributed by atoms with Gasteiger partial charge in [-0.05, 0) is 50.0 Å². The molecule has 4 amide bonds. The predicted molar refractivity (Wildman–Crippen MR) is 124 cm³/mol. The molecular formula is C25H28N6O4. The van der Waals surface area contributed by atoms with Gasteiger partial charge in [0.05, 0.1) is 16.8 Å². The number of amides is 4. The third-order valence-corrected chi connectivity index (χ3v) is 7.72. The van der Waals surface area contributed by atoms with E-state index in [-0.39, 0.29) is 18.7 Å². The molecule has 0 aliphatic carbocycles. The first kappa shape index (κ1) is 22.1. The minimum Gasteiger partial charge on any atom is -0.312 e. The summed E-state index contributed by atoms with van der Waals surface area (Å²) in [6.45, 7) is 4.45. The minimum absolute atomic E-state index is 0.114. The highest BCUT2D eigenvalue weighted by atomic mass is 16.2. The molecule has 1 atom stereocenters. The number of benzene rings is 1. The summed E-state index contributed by atoms with van der Waals surface area (Å²) in [7, 11) is 0. The molecule has 0 saturated carbocycles. The molecule has 10 nitrogen and oxygen atoms in total. The van der Waals surface area contributed by atoms with Crippen LogP contribution in [0.5, 0.6) is 0 Å². The summed E-state index contributed by atoms with van der Waals surface area (Å²) in [4.78, 5) is 53.1. The van der Waals surface area contributed by atoms with E-state index >= 15 is 0 Å². The maximum Gasteiger partial charge on any atom is 0.262 e. The summed E-state index contributed by atoms with van der Waals surface area (Å²) in [5.41, 5.74) is 5.45.